The van der Waals surface area contributed by atoms with Crippen molar-refractivity contribution in [3.05, 3.63) is 29.6 Å². The number of carboxylic acid groups (broad SMARTS) is 1. The largest absolute Gasteiger partial charge is 0.494 e. The van der Waals surface area contributed by atoms with Crippen LogP contribution in [0.5, 0.6) is 5.75 Å². The summed E-state index contributed by atoms with van der Waals surface area (Å²) < 4.78 is 18.5. The number of ether oxygens (including phenoxy) is 1. The molecule has 1 unspecified atom stereocenters. The van der Waals surface area contributed by atoms with Crippen LogP contribution in [0.1, 0.15) is 24.4 Å². The number of hydrogen-bond acceptors (Lipinski definition) is 3. The van der Waals surface area contributed by atoms with Gasteiger partial charge in [0.25, 0.3) is 0 Å². The molecule has 0 amide bonds. The van der Waals surface area contributed by atoms with Crippen LogP contribution in [-0.4, -0.2) is 36.2 Å². The summed E-state index contributed by atoms with van der Waals surface area (Å²) in [6.07, 6.45) is 1.98. The van der Waals surface area contributed by atoms with Crippen molar-refractivity contribution in [2.45, 2.75) is 18.9 Å². The van der Waals surface area contributed by atoms with Crippen LogP contribution in [-0.2, 0) is 4.79 Å². The van der Waals surface area contributed by atoms with E-state index in [1.54, 1.807) is 6.07 Å². The smallest absolute Gasteiger partial charge is 0.325 e. The molecule has 1 N–H and O–H groups in total. The molecule has 1 aromatic rings. The maximum atomic E-state index is 13.6. The number of carbonyl (C=O) groups is 1. The van der Waals surface area contributed by atoms with Crippen LogP contribution >= 0.6 is 0 Å². The number of carboxylic acids is 1. The highest BCUT2D eigenvalue weighted by atomic mass is 19.1. The van der Waals surface area contributed by atoms with Gasteiger partial charge in [-0.05, 0) is 43.6 Å². The predicted molar refractivity (Wildman–Crippen MR) is 64.1 cm³/mol. The van der Waals surface area contributed by atoms with Gasteiger partial charge in [0.05, 0.1) is 7.11 Å². The Bertz CT molecular complexity index is 444. The lowest BCUT2D eigenvalue weighted by Gasteiger charge is -2.24. The summed E-state index contributed by atoms with van der Waals surface area (Å²) in [6.45, 7) is 1.48. The lowest BCUT2D eigenvalue weighted by Crippen LogP contribution is -2.31. The summed E-state index contributed by atoms with van der Waals surface area (Å²) in [7, 11) is 1.38. The monoisotopic (exact) mass is 253 g/mol. The fourth-order valence-electron chi connectivity index (χ4n) is 2.36. The molecule has 1 saturated heterocycles. The maximum Gasteiger partial charge on any atom is 0.325 e. The Balaban J connectivity index is 2.30. The van der Waals surface area contributed by atoms with Crippen LogP contribution in [0.15, 0.2) is 18.2 Å². The van der Waals surface area contributed by atoms with Gasteiger partial charge in [-0.15, -0.1) is 0 Å². The van der Waals surface area contributed by atoms with E-state index in [-0.39, 0.29) is 5.75 Å². The number of hydrogen-bond donors (Lipinski definition) is 1. The van der Waals surface area contributed by atoms with E-state index in [2.05, 4.69) is 0 Å². The predicted octanol–water partition coefficient (Wildman–Crippen LogP) is 2.06. The van der Waals surface area contributed by atoms with E-state index in [0.717, 1.165) is 25.9 Å². The van der Waals surface area contributed by atoms with E-state index in [0.29, 0.717) is 5.56 Å². The fraction of sp³-hybridized carbons (Fsp3) is 0.462. The summed E-state index contributed by atoms with van der Waals surface area (Å²) in [4.78, 5) is 13.2. The molecule has 4 nitrogen and oxygen atoms in total. The van der Waals surface area contributed by atoms with E-state index < -0.39 is 17.8 Å². The highest BCUT2D eigenvalue weighted by Gasteiger charge is 2.29. The Hall–Kier alpha value is -1.62. The standard InChI is InChI=1S/C13H16FNO3/c1-18-11-5-4-9(8-10(11)14)12(13(16)17)15-6-2-3-7-15/h4-5,8,12H,2-3,6-7H2,1H3,(H,16,17). The van der Waals surface area contributed by atoms with Crippen LogP contribution in [0.2, 0.25) is 0 Å². The summed E-state index contributed by atoms with van der Waals surface area (Å²) in [5.41, 5.74) is 0.461. The molecule has 2 rings (SSSR count). The van der Waals surface area contributed by atoms with E-state index in [1.807, 2.05) is 4.90 Å². The van der Waals surface area contributed by atoms with Gasteiger partial charge in [0, 0.05) is 0 Å². The van der Waals surface area contributed by atoms with Crippen LogP contribution in [0.25, 0.3) is 0 Å². The molecular weight excluding hydrogens is 237 g/mol. The zero-order chi connectivity index (χ0) is 13.1. The van der Waals surface area contributed by atoms with E-state index in [1.165, 1.54) is 19.2 Å². The Morgan fingerprint density at radius 1 is 1.44 bits per heavy atom. The minimum absolute atomic E-state index is 0.129. The first-order valence-electron chi connectivity index (χ1n) is 5.94. The van der Waals surface area contributed by atoms with Gasteiger partial charge >= 0.3 is 5.97 Å². The number of aliphatic carboxylic acids is 1. The zero-order valence-corrected chi connectivity index (χ0v) is 10.2. The minimum Gasteiger partial charge on any atom is -0.494 e. The van der Waals surface area contributed by atoms with Crippen molar-refractivity contribution in [1.29, 1.82) is 0 Å². The quantitative estimate of drug-likeness (QED) is 0.892. The molecular formula is C13H16FNO3. The minimum atomic E-state index is -0.943. The number of likely N-dealkylation sites (tertiary alicyclic amines) is 1. The van der Waals surface area contributed by atoms with Crippen molar-refractivity contribution < 1.29 is 19.0 Å². The third kappa shape index (κ3) is 2.46. The molecule has 1 fully saturated rings. The zero-order valence-electron chi connectivity index (χ0n) is 10.2. The van der Waals surface area contributed by atoms with Crippen molar-refractivity contribution in [2.24, 2.45) is 0 Å². The summed E-state index contributed by atoms with van der Waals surface area (Å²) in [5.74, 6) is -1.34. The normalized spacial score (nSPS) is 17.7. The van der Waals surface area contributed by atoms with Crippen LogP contribution < -0.4 is 4.74 Å². The molecule has 0 aromatic heterocycles. The molecule has 0 bridgehead atoms. The fourth-order valence-corrected chi connectivity index (χ4v) is 2.36. The average Bonchev–Trinajstić information content (AvgIpc) is 2.82. The van der Waals surface area contributed by atoms with Gasteiger partial charge < -0.3 is 9.84 Å². The van der Waals surface area contributed by atoms with Gasteiger partial charge in [-0.25, -0.2) is 4.39 Å². The number of rotatable bonds is 4. The lowest BCUT2D eigenvalue weighted by molar-refractivity contribution is -0.143. The molecule has 1 heterocycles. The first-order chi connectivity index (χ1) is 8.63. The Morgan fingerprint density at radius 2 is 2.11 bits per heavy atom. The second-order valence-electron chi connectivity index (χ2n) is 4.38. The van der Waals surface area contributed by atoms with Crippen LogP contribution in [0, 0.1) is 5.82 Å². The lowest BCUT2D eigenvalue weighted by atomic mass is 10.1. The van der Waals surface area contributed by atoms with Gasteiger partial charge in [-0.2, -0.15) is 0 Å². The van der Waals surface area contributed by atoms with Gasteiger partial charge in [-0.1, -0.05) is 6.07 Å². The highest BCUT2D eigenvalue weighted by Crippen LogP contribution is 2.28. The molecule has 0 spiro atoms. The number of halogens is 1. The molecule has 1 atom stereocenters. The van der Waals surface area contributed by atoms with Crippen LogP contribution in [0.4, 0.5) is 4.39 Å². The first kappa shape index (κ1) is 12.8. The van der Waals surface area contributed by atoms with Crippen molar-refractivity contribution in [1.82, 2.24) is 4.90 Å². The molecule has 0 radical (unpaired) electrons. The number of nitrogens with zero attached hydrogens (tertiary/aromatic N) is 1. The Kier molecular flexibility index (Phi) is 3.81. The summed E-state index contributed by atoms with van der Waals surface area (Å²) in [6, 6.07) is 3.55. The van der Waals surface area contributed by atoms with Gasteiger partial charge in [0.15, 0.2) is 11.6 Å². The van der Waals surface area contributed by atoms with Gasteiger partial charge in [-0.3, -0.25) is 9.69 Å². The van der Waals surface area contributed by atoms with Crippen molar-refractivity contribution in [3.63, 3.8) is 0 Å². The van der Waals surface area contributed by atoms with E-state index in [9.17, 15) is 14.3 Å². The van der Waals surface area contributed by atoms with Crippen LogP contribution in [0.3, 0.4) is 0 Å². The highest BCUT2D eigenvalue weighted by molar-refractivity contribution is 5.75. The Morgan fingerprint density at radius 3 is 2.61 bits per heavy atom. The molecule has 0 aliphatic carbocycles. The maximum absolute atomic E-state index is 13.6. The molecule has 1 aliphatic heterocycles. The molecule has 0 saturated carbocycles. The number of methoxy groups -OCH3 is 1. The second-order valence-corrected chi connectivity index (χ2v) is 4.38. The average molecular weight is 253 g/mol. The molecule has 18 heavy (non-hydrogen) atoms. The third-order valence-corrected chi connectivity index (χ3v) is 3.23. The third-order valence-electron chi connectivity index (χ3n) is 3.23. The molecule has 5 heteroatoms. The topological polar surface area (TPSA) is 49.8 Å². The van der Waals surface area contributed by atoms with E-state index >= 15 is 0 Å². The Labute approximate surface area is 105 Å². The molecule has 1 aliphatic rings. The van der Waals surface area contributed by atoms with Crippen molar-refractivity contribution >= 4 is 5.97 Å². The van der Waals surface area contributed by atoms with Gasteiger partial charge in [0.2, 0.25) is 0 Å². The van der Waals surface area contributed by atoms with E-state index in [4.69, 9.17) is 4.74 Å². The second kappa shape index (κ2) is 5.35. The van der Waals surface area contributed by atoms with Gasteiger partial charge in [0.1, 0.15) is 6.04 Å². The van der Waals surface area contributed by atoms with Crippen molar-refractivity contribution in [3.8, 4) is 5.75 Å². The summed E-state index contributed by atoms with van der Waals surface area (Å²) >= 11 is 0. The molecule has 1 aromatic carbocycles. The van der Waals surface area contributed by atoms with Crippen molar-refractivity contribution in [2.75, 3.05) is 20.2 Å². The number of benzene rings is 1. The first-order valence-corrected chi connectivity index (χ1v) is 5.94. The molecule has 98 valence electrons. The SMILES string of the molecule is COc1ccc(C(C(=O)O)N2CCCC2)cc1F. The summed E-state index contributed by atoms with van der Waals surface area (Å²) in [5, 5.41) is 9.31.